The summed E-state index contributed by atoms with van der Waals surface area (Å²) in [6.45, 7) is 5.85. The number of amides is 3. The first-order valence-electron chi connectivity index (χ1n) is 7.98. The van der Waals surface area contributed by atoms with Crippen LogP contribution in [-0.4, -0.2) is 28.3 Å². The molecule has 0 aliphatic carbocycles. The lowest BCUT2D eigenvalue weighted by Crippen LogP contribution is -2.28. The molecule has 1 aromatic carbocycles. The number of urea groups is 1. The van der Waals surface area contributed by atoms with Crippen molar-refractivity contribution >= 4 is 44.9 Å². The van der Waals surface area contributed by atoms with Gasteiger partial charge in [0.2, 0.25) is 0 Å². The van der Waals surface area contributed by atoms with Crippen molar-refractivity contribution in [1.82, 2.24) is 15.1 Å². The molecule has 0 saturated carbocycles. The summed E-state index contributed by atoms with van der Waals surface area (Å²) in [4.78, 5) is 25.7. The Morgan fingerprint density at radius 3 is 2.50 bits per heavy atom. The number of hydrogen-bond donors (Lipinski definition) is 3. The van der Waals surface area contributed by atoms with E-state index in [1.165, 1.54) is 11.3 Å². The maximum Gasteiger partial charge on any atom is 0.319 e. The molecular formula is C18H19N5O2S. The first-order valence-corrected chi connectivity index (χ1v) is 8.80. The van der Waals surface area contributed by atoms with E-state index >= 15 is 0 Å². The molecule has 26 heavy (non-hydrogen) atoms. The van der Waals surface area contributed by atoms with E-state index in [9.17, 15) is 9.59 Å². The van der Waals surface area contributed by atoms with Gasteiger partial charge in [-0.05, 0) is 37.3 Å². The average molecular weight is 369 g/mol. The van der Waals surface area contributed by atoms with E-state index in [4.69, 9.17) is 0 Å². The number of thiophene rings is 1. The van der Waals surface area contributed by atoms with Gasteiger partial charge in [0.1, 0.15) is 4.83 Å². The van der Waals surface area contributed by atoms with Crippen LogP contribution in [0.2, 0.25) is 0 Å². The number of fused-ring (bicyclic) bond motifs is 1. The van der Waals surface area contributed by atoms with E-state index in [0.717, 1.165) is 15.9 Å². The number of hydrogen-bond acceptors (Lipinski definition) is 4. The monoisotopic (exact) mass is 369 g/mol. The van der Waals surface area contributed by atoms with Crippen molar-refractivity contribution in [2.24, 2.45) is 7.05 Å². The average Bonchev–Trinajstić information content (AvgIpc) is 3.17. The van der Waals surface area contributed by atoms with Crippen molar-refractivity contribution in [2.75, 3.05) is 17.2 Å². The molecule has 3 aromatic rings. The van der Waals surface area contributed by atoms with Crippen LogP contribution in [0.3, 0.4) is 0 Å². The first kappa shape index (κ1) is 17.7. The smallest absolute Gasteiger partial charge is 0.319 e. The number of carbonyl (C=O) groups is 2. The van der Waals surface area contributed by atoms with Gasteiger partial charge in [0.25, 0.3) is 5.91 Å². The standard InChI is InChI=1S/C18H19N5O2S/c1-4-9-19-18(25)21-13-7-5-12(6-8-13)20-16(24)15-10-14-11(2)22-23(3)17(14)26-15/h4-8,10H,1,9H2,2-3H3,(H,20,24)(H2,19,21,25). The summed E-state index contributed by atoms with van der Waals surface area (Å²) in [7, 11) is 1.87. The highest BCUT2D eigenvalue weighted by atomic mass is 32.1. The molecule has 0 fully saturated rings. The van der Waals surface area contributed by atoms with Gasteiger partial charge < -0.3 is 16.0 Å². The van der Waals surface area contributed by atoms with Crippen LogP contribution >= 0.6 is 11.3 Å². The Balaban J connectivity index is 1.66. The zero-order valence-electron chi connectivity index (χ0n) is 14.5. The van der Waals surface area contributed by atoms with Crippen LogP contribution in [0.25, 0.3) is 10.2 Å². The van der Waals surface area contributed by atoms with Gasteiger partial charge in [0, 0.05) is 30.4 Å². The van der Waals surface area contributed by atoms with E-state index in [1.54, 1.807) is 35.0 Å². The third kappa shape index (κ3) is 3.75. The van der Waals surface area contributed by atoms with Crippen molar-refractivity contribution < 1.29 is 9.59 Å². The Bertz CT molecular complexity index is 937. The van der Waals surface area contributed by atoms with Gasteiger partial charge in [-0.3, -0.25) is 9.48 Å². The Morgan fingerprint density at radius 2 is 1.88 bits per heavy atom. The minimum atomic E-state index is -0.309. The number of carbonyl (C=O) groups excluding carboxylic acids is 2. The predicted octanol–water partition coefficient (Wildman–Crippen LogP) is 3.50. The molecule has 0 radical (unpaired) electrons. The maximum atomic E-state index is 12.5. The summed E-state index contributed by atoms with van der Waals surface area (Å²) in [5, 5.41) is 13.5. The predicted molar refractivity (Wildman–Crippen MR) is 105 cm³/mol. The van der Waals surface area contributed by atoms with E-state index in [1.807, 2.05) is 20.0 Å². The Hall–Kier alpha value is -3.13. The fraction of sp³-hybridized carbons (Fsp3) is 0.167. The van der Waals surface area contributed by atoms with Crippen LogP contribution in [0, 0.1) is 6.92 Å². The molecule has 134 valence electrons. The molecule has 0 unspecified atom stereocenters. The molecule has 2 heterocycles. The van der Waals surface area contributed by atoms with Crippen LogP contribution in [0.5, 0.6) is 0 Å². The molecule has 0 spiro atoms. The van der Waals surface area contributed by atoms with Gasteiger partial charge in [-0.1, -0.05) is 6.08 Å². The second kappa shape index (κ2) is 7.40. The second-order valence-corrected chi connectivity index (χ2v) is 6.72. The van der Waals surface area contributed by atoms with E-state index < -0.39 is 0 Å². The normalized spacial score (nSPS) is 10.5. The molecule has 0 saturated heterocycles. The third-order valence-electron chi connectivity index (χ3n) is 3.73. The molecule has 3 N–H and O–H groups in total. The summed E-state index contributed by atoms with van der Waals surface area (Å²) < 4.78 is 1.78. The molecule has 8 heteroatoms. The molecule has 7 nitrogen and oxygen atoms in total. The minimum Gasteiger partial charge on any atom is -0.334 e. The number of aromatic nitrogens is 2. The van der Waals surface area contributed by atoms with Crippen LogP contribution in [0.4, 0.5) is 16.2 Å². The Labute approximate surface area is 154 Å². The van der Waals surface area contributed by atoms with E-state index in [0.29, 0.717) is 22.8 Å². The van der Waals surface area contributed by atoms with Crippen molar-refractivity contribution in [3.63, 3.8) is 0 Å². The van der Waals surface area contributed by atoms with Crippen LogP contribution in [-0.2, 0) is 7.05 Å². The van der Waals surface area contributed by atoms with E-state index in [-0.39, 0.29) is 11.9 Å². The van der Waals surface area contributed by atoms with Crippen molar-refractivity contribution in [3.05, 3.63) is 53.6 Å². The second-order valence-electron chi connectivity index (χ2n) is 5.69. The molecule has 3 amide bonds. The first-order chi connectivity index (χ1) is 12.5. The Morgan fingerprint density at radius 1 is 1.23 bits per heavy atom. The number of anilines is 2. The van der Waals surface area contributed by atoms with Crippen LogP contribution in [0.1, 0.15) is 15.4 Å². The van der Waals surface area contributed by atoms with Crippen LogP contribution in [0.15, 0.2) is 43.0 Å². The lowest BCUT2D eigenvalue weighted by molar-refractivity contribution is 0.103. The highest BCUT2D eigenvalue weighted by molar-refractivity contribution is 7.20. The fourth-order valence-corrected chi connectivity index (χ4v) is 3.51. The van der Waals surface area contributed by atoms with Gasteiger partial charge in [0.15, 0.2) is 0 Å². The van der Waals surface area contributed by atoms with E-state index in [2.05, 4.69) is 27.6 Å². The third-order valence-corrected chi connectivity index (χ3v) is 4.93. The van der Waals surface area contributed by atoms with Gasteiger partial charge in [-0.15, -0.1) is 17.9 Å². The molecule has 2 aromatic heterocycles. The lowest BCUT2D eigenvalue weighted by Gasteiger charge is -2.08. The maximum absolute atomic E-state index is 12.5. The van der Waals surface area contributed by atoms with Crippen molar-refractivity contribution in [1.29, 1.82) is 0 Å². The Kier molecular flexibility index (Phi) is 5.04. The van der Waals surface area contributed by atoms with Gasteiger partial charge in [-0.25, -0.2) is 4.79 Å². The topological polar surface area (TPSA) is 88.1 Å². The summed E-state index contributed by atoms with van der Waals surface area (Å²) in [6.07, 6.45) is 1.60. The highest BCUT2D eigenvalue weighted by Gasteiger charge is 2.15. The molecular weight excluding hydrogens is 350 g/mol. The summed E-state index contributed by atoms with van der Waals surface area (Å²) in [5.41, 5.74) is 2.19. The molecule has 0 bridgehead atoms. The number of benzene rings is 1. The number of aryl methyl sites for hydroxylation is 2. The quantitative estimate of drug-likeness (QED) is 0.602. The van der Waals surface area contributed by atoms with Gasteiger partial charge in [0.05, 0.1) is 10.6 Å². The van der Waals surface area contributed by atoms with Gasteiger partial charge in [-0.2, -0.15) is 5.10 Å². The highest BCUT2D eigenvalue weighted by Crippen LogP contribution is 2.28. The van der Waals surface area contributed by atoms with Gasteiger partial charge >= 0.3 is 6.03 Å². The fourth-order valence-electron chi connectivity index (χ4n) is 2.49. The number of nitrogens with zero attached hydrogens (tertiary/aromatic N) is 2. The minimum absolute atomic E-state index is 0.171. The summed E-state index contributed by atoms with van der Waals surface area (Å²) in [5.74, 6) is -0.171. The molecule has 0 aliphatic rings. The summed E-state index contributed by atoms with van der Waals surface area (Å²) in [6, 6.07) is 8.47. The lowest BCUT2D eigenvalue weighted by atomic mass is 10.2. The zero-order valence-corrected chi connectivity index (χ0v) is 15.3. The zero-order chi connectivity index (χ0) is 18.7. The largest absolute Gasteiger partial charge is 0.334 e. The van der Waals surface area contributed by atoms with Crippen molar-refractivity contribution in [3.8, 4) is 0 Å². The number of rotatable bonds is 5. The molecule has 0 atom stereocenters. The number of nitrogens with one attached hydrogen (secondary N) is 3. The molecule has 3 rings (SSSR count). The summed E-state index contributed by atoms with van der Waals surface area (Å²) >= 11 is 1.41. The molecule has 0 aliphatic heterocycles. The SMILES string of the molecule is C=CCNC(=O)Nc1ccc(NC(=O)c2cc3c(C)nn(C)c3s2)cc1. The van der Waals surface area contributed by atoms with Crippen LogP contribution < -0.4 is 16.0 Å². The van der Waals surface area contributed by atoms with Crippen molar-refractivity contribution in [2.45, 2.75) is 6.92 Å².